The van der Waals surface area contributed by atoms with Gasteiger partial charge in [0.2, 0.25) is 0 Å². The summed E-state index contributed by atoms with van der Waals surface area (Å²) in [6, 6.07) is 2.96. The highest BCUT2D eigenvalue weighted by molar-refractivity contribution is 7.91. The molecule has 27 heavy (non-hydrogen) atoms. The third kappa shape index (κ3) is 3.27. The van der Waals surface area contributed by atoms with E-state index in [4.69, 9.17) is 0 Å². The lowest BCUT2D eigenvalue weighted by molar-refractivity contribution is -0.144. The van der Waals surface area contributed by atoms with Gasteiger partial charge in [-0.25, -0.2) is 17.9 Å². The largest absolute Gasteiger partial charge is 0.453 e. The van der Waals surface area contributed by atoms with E-state index < -0.39 is 21.8 Å². The molecule has 0 N–H and O–H groups in total. The number of hydrogen-bond donors (Lipinski definition) is 0. The van der Waals surface area contributed by atoms with Crippen LogP contribution >= 0.6 is 0 Å². The fourth-order valence-corrected chi connectivity index (χ4v) is 3.79. The summed E-state index contributed by atoms with van der Waals surface area (Å²) < 4.78 is 64.3. The Bertz CT molecular complexity index is 1140. The number of rotatable bonds is 4. The Morgan fingerprint density at radius 3 is 2.63 bits per heavy atom. The van der Waals surface area contributed by atoms with Crippen molar-refractivity contribution >= 4 is 15.6 Å². The second-order valence-corrected chi connectivity index (χ2v) is 8.53. The topological polar surface area (TPSA) is 90.1 Å². The van der Waals surface area contributed by atoms with E-state index in [1.165, 1.54) is 19.2 Å². The number of halogens is 3. The minimum atomic E-state index is -4.70. The first-order valence-corrected chi connectivity index (χ1v) is 9.88. The first kappa shape index (κ1) is 17.8. The van der Waals surface area contributed by atoms with Crippen molar-refractivity contribution in [3.8, 4) is 11.4 Å². The molecule has 3 aromatic heterocycles. The van der Waals surface area contributed by atoms with Crippen molar-refractivity contribution in [1.29, 1.82) is 0 Å². The van der Waals surface area contributed by atoms with Crippen molar-refractivity contribution in [2.45, 2.75) is 36.8 Å². The van der Waals surface area contributed by atoms with Gasteiger partial charge in [0.25, 0.3) is 11.6 Å². The van der Waals surface area contributed by atoms with Crippen LogP contribution in [0, 0.1) is 0 Å². The maximum absolute atomic E-state index is 12.8. The minimum absolute atomic E-state index is 0.0295. The van der Waals surface area contributed by atoms with Gasteiger partial charge in [-0.05, 0) is 36.5 Å². The highest BCUT2D eigenvalue weighted by Crippen LogP contribution is 2.41. The molecule has 1 aliphatic carbocycles. The summed E-state index contributed by atoms with van der Waals surface area (Å²) in [7, 11) is -3.60. The van der Waals surface area contributed by atoms with Gasteiger partial charge in [0.05, 0.1) is 16.3 Å². The van der Waals surface area contributed by atoms with Crippen LogP contribution in [-0.2, 0) is 16.0 Å². The van der Waals surface area contributed by atoms with Crippen LogP contribution in [0.2, 0.25) is 0 Å². The first-order valence-electron chi connectivity index (χ1n) is 8.23. The molecule has 0 radical (unpaired) electrons. The molecule has 3 aromatic rings. The lowest BCUT2D eigenvalue weighted by Gasteiger charge is -2.10. The molecule has 7 nitrogen and oxygen atoms in total. The summed E-state index contributed by atoms with van der Waals surface area (Å²) in [5.41, 5.74) is 1.06. The zero-order chi connectivity index (χ0) is 19.4. The van der Waals surface area contributed by atoms with Crippen LogP contribution in [0.5, 0.6) is 0 Å². The summed E-state index contributed by atoms with van der Waals surface area (Å²) >= 11 is 0. The highest BCUT2D eigenvalue weighted by Gasteiger charge is 2.36. The fourth-order valence-electron chi connectivity index (χ4n) is 2.71. The second-order valence-electron chi connectivity index (χ2n) is 6.28. The van der Waals surface area contributed by atoms with E-state index >= 15 is 0 Å². The molecule has 11 heteroatoms. The number of alkyl halides is 3. The van der Waals surface area contributed by atoms with Crippen LogP contribution in [-0.4, -0.2) is 38.7 Å². The fraction of sp³-hybridized carbons (Fsp3) is 0.375. The molecule has 0 unspecified atom stereocenters. The number of sulfone groups is 1. The third-order valence-corrected chi connectivity index (χ3v) is 6.08. The Kier molecular flexibility index (Phi) is 3.95. The summed E-state index contributed by atoms with van der Waals surface area (Å²) in [4.78, 5) is 11.7. The average Bonchev–Trinajstić information content (AvgIpc) is 3.38. The van der Waals surface area contributed by atoms with E-state index in [1.807, 2.05) is 0 Å². The number of pyridine rings is 1. The van der Waals surface area contributed by atoms with Gasteiger partial charge in [-0.3, -0.25) is 4.98 Å². The Balaban J connectivity index is 1.87. The summed E-state index contributed by atoms with van der Waals surface area (Å²) in [5, 5.41) is 3.33. The molecule has 0 amide bonds. The van der Waals surface area contributed by atoms with Gasteiger partial charge in [0, 0.05) is 12.4 Å². The van der Waals surface area contributed by atoms with E-state index in [0.29, 0.717) is 5.92 Å². The number of nitrogens with zero attached hydrogens (tertiary/aromatic N) is 5. The molecule has 0 bridgehead atoms. The predicted octanol–water partition coefficient (Wildman–Crippen LogP) is 2.88. The molecule has 1 aliphatic rings. The van der Waals surface area contributed by atoms with Crippen LogP contribution in [0.1, 0.15) is 37.1 Å². The van der Waals surface area contributed by atoms with Crippen LogP contribution in [0.25, 0.3) is 17.2 Å². The van der Waals surface area contributed by atoms with Crippen LogP contribution < -0.4 is 0 Å². The Morgan fingerprint density at radius 2 is 2.00 bits per heavy atom. The third-order valence-electron chi connectivity index (χ3n) is 4.34. The van der Waals surface area contributed by atoms with Crippen molar-refractivity contribution in [2.75, 3.05) is 5.75 Å². The van der Waals surface area contributed by atoms with E-state index in [1.54, 1.807) is 12.3 Å². The van der Waals surface area contributed by atoms with Gasteiger partial charge in [0.15, 0.2) is 9.84 Å². The molecule has 0 saturated heterocycles. The van der Waals surface area contributed by atoms with Gasteiger partial charge < -0.3 is 0 Å². The Hall–Kier alpha value is -2.56. The maximum Gasteiger partial charge on any atom is 0.453 e. The number of fused-ring (bicyclic) bond motifs is 1. The van der Waals surface area contributed by atoms with Crippen molar-refractivity contribution < 1.29 is 21.6 Å². The molecular weight excluding hydrogens is 383 g/mol. The second kappa shape index (κ2) is 5.98. The Labute approximate surface area is 152 Å². The van der Waals surface area contributed by atoms with E-state index in [9.17, 15) is 21.6 Å². The molecular formula is C16H14F3N5O2S. The number of aromatic nitrogens is 5. The molecule has 142 valence electrons. The van der Waals surface area contributed by atoms with Crippen molar-refractivity contribution in [3.63, 3.8) is 0 Å². The zero-order valence-electron chi connectivity index (χ0n) is 14.1. The lowest BCUT2D eigenvalue weighted by atomic mass is 10.1. The molecule has 3 heterocycles. The lowest BCUT2D eigenvalue weighted by Crippen LogP contribution is -2.08. The van der Waals surface area contributed by atoms with Crippen LogP contribution in [0.3, 0.4) is 0 Å². The normalized spacial score (nSPS) is 15.4. The molecule has 1 fully saturated rings. The van der Waals surface area contributed by atoms with Gasteiger partial charge in [-0.2, -0.15) is 18.2 Å². The summed E-state index contributed by atoms with van der Waals surface area (Å²) in [6.45, 7) is 1.52. The first-order chi connectivity index (χ1) is 12.7. The van der Waals surface area contributed by atoms with Gasteiger partial charge in [0.1, 0.15) is 5.69 Å². The van der Waals surface area contributed by atoms with Crippen molar-refractivity contribution in [2.24, 2.45) is 0 Å². The van der Waals surface area contributed by atoms with Gasteiger partial charge in [-0.15, -0.1) is 5.10 Å². The molecule has 0 spiro atoms. The SMILES string of the molecule is CCS(=O)(=O)c1cc(C2CC2)cnc1-c1ccn2nc(C(F)(F)F)nc2n1. The molecule has 1 saturated carbocycles. The average molecular weight is 397 g/mol. The summed E-state index contributed by atoms with van der Waals surface area (Å²) in [6.07, 6.45) is 0.111. The quantitative estimate of drug-likeness (QED) is 0.672. The molecule has 0 aromatic carbocycles. The smallest absolute Gasteiger partial charge is 0.253 e. The minimum Gasteiger partial charge on any atom is -0.253 e. The van der Waals surface area contributed by atoms with E-state index in [0.717, 1.165) is 22.9 Å². The monoisotopic (exact) mass is 397 g/mol. The predicted molar refractivity (Wildman–Crippen MR) is 88.7 cm³/mol. The van der Waals surface area contributed by atoms with Crippen molar-refractivity contribution in [1.82, 2.24) is 24.6 Å². The van der Waals surface area contributed by atoms with Gasteiger partial charge >= 0.3 is 6.18 Å². The van der Waals surface area contributed by atoms with E-state index in [-0.39, 0.29) is 27.8 Å². The van der Waals surface area contributed by atoms with Crippen molar-refractivity contribution in [3.05, 3.63) is 35.9 Å². The number of hydrogen-bond acceptors (Lipinski definition) is 6. The molecule has 4 rings (SSSR count). The van der Waals surface area contributed by atoms with Crippen LogP contribution in [0.4, 0.5) is 13.2 Å². The van der Waals surface area contributed by atoms with Gasteiger partial charge in [-0.1, -0.05) is 6.92 Å². The molecule has 0 atom stereocenters. The molecule has 0 aliphatic heterocycles. The Morgan fingerprint density at radius 1 is 1.26 bits per heavy atom. The highest BCUT2D eigenvalue weighted by atomic mass is 32.2. The van der Waals surface area contributed by atoms with E-state index in [2.05, 4.69) is 20.1 Å². The standard InChI is InChI=1S/C16H14F3N5O2S/c1-2-27(25,26)12-7-10(9-3-4-9)8-20-13(12)11-5-6-24-15(21-11)22-14(23-24)16(17,18)19/h5-9H,2-4H2,1H3. The van der Waals surface area contributed by atoms with Crippen LogP contribution in [0.15, 0.2) is 29.4 Å². The maximum atomic E-state index is 12.8. The summed E-state index contributed by atoms with van der Waals surface area (Å²) in [5.74, 6) is -1.42. The zero-order valence-corrected chi connectivity index (χ0v) is 14.9.